The van der Waals surface area contributed by atoms with Gasteiger partial charge in [0.1, 0.15) is 11.3 Å². The van der Waals surface area contributed by atoms with Crippen LogP contribution in [0.1, 0.15) is 18.9 Å². The summed E-state index contributed by atoms with van der Waals surface area (Å²) in [6, 6.07) is 12.5. The van der Waals surface area contributed by atoms with E-state index in [1.807, 2.05) is 13.0 Å². The minimum Gasteiger partial charge on any atom is -0.497 e. The summed E-state index contributed by atoms with van der Waals surface area (Å²) in [7, 11) is 1.59. The van der Waals surface area contributed by atoms with Crippen molar-refractivity contribution in [2.24, 2.45) is 5.92 Å². The molecule has 2 aromatic rings. The molecule has 0 aliphatic carbocycles. The number of anilines is 2. The Hall–Kier alpha value is -2.57. The Morgan fingerprint density at radius 2 is 2.00 bits per heavy atom. The molecule has 0 bridgehead atoms. The monoisotopic (exact) mass is 385 g/mol. The number of hydrogen-bond donors (Lipinski definition) is 3. The lowest BCUT2D eigenvalue weighted by Crippen LogP contribution is -2.52. The van der Waals surface area contributed by atoms with E-state index in [0.29, 0.717) is 28.6 Å². The van der Waals surface area contributed by atoms with Crippen molar-refractivity contribution in [1.82, 2.24) is 5.32 Å². The second-order valence-electron chi connectivity index (χ2n) is 6.98. The molecule has 1 fully saturated rings. The van der Waals surface area contributed by atoms with Gasteiger partial charge in [0.15, 0.2) is 0 Å². The minimum atomic E-state index is -1.11. The van der Waals surface area contributed by atoms with Crippen LogP contribution in [0.4, 0.5) is 11.4 Å². The number of ether oxygens (including phenoxy) is 1. The minimum absolute atomic E-state index is 0.00676. The highest BCUT2D eigenvalue weighted by Crippen LogP contribution is 2.49. The van der Waals surface area contributed by atoms with Gasteiger partial charge >= 0.3 is 0 Å². The molecule has 0 saturated carbocycles. The zero-order chi connectivity index (χ0) is 19.2. The first-order valence-corrected chi connectivity index (χ1v) is 9.16. The van der Waals surface area contributed by atoms with E-state index in [0.717, 1.165) is 5.56 Å². The number of benzene rings is 2. The predicted molar refractivity (Wildman–Crippen MR) is 104 cm³/mol. The van der Waals surface area contributed by atoms with E-state index >= 15 is 0 Å². The standard InChI is InChI=1S/C20H20ClN3O3/c1-11-10-15(18(25)22-12-6-8-13(27-2)9-7-12)20(24-11)14-4-3-5-16(21)17(14)23-19(20)26/h3-9,11,15,24H,10H2,1-2H3,(H,22,25)(H,23,26)/t11-,15+,20-/m1/s1. The molecule has 1 saturated heterocycles. The number of carbonyl (C=O) groups is 2. The Morgan fingerprint density at radius 1 is 1.26 bits per heavy atom. The van der Waals surface area contributed by atoms with Crippen LogP contribution in [0.15, 0.2) is 42.5 Å². The van der Waals surface area contributed by atoms with Gasteiger partial charge in [0.2, 0.25) is 11.8 Å². The molecule has 2 aromatic carbocycles. The van der Waals surface area contributed by atoms with Crippen LogP contribution in [-0.2, 0) is 15.1 Å². The molecule has 3 N–H and O–H groups in total. The summed E-state index contributed by atoms with van der Waals surface area (Å²) < 4.78 is 5.14. The molecule has 0 aromatic heterocycles. The maximum Gasteiger partial charge on any atom is 0.250 e. The average molecular weight is 386 g/mol. The molecule has 27 heavy (non-hydrogen) atoms. The summed E-state index contributed by atoms with van der Waals surface area (Å²) >= 11 is 6.26. The molecule has 2 amide bonds. The summed E-state index contributed by atoms with van der Waals surface area (Å²) in [5, 5.41) is 9.59. The van der Waals surface area contributed by atoms with Crippen molar-refractivity contribution in [3.8, 4) is 5.75 Å². The molecule has 0 unspecified atom stereocenters. The summed E-state index contributed by atoms with van der Waals surface area (Å²) in [4.78, 5) is 26.1. The van der Waals surface area contributed by atoms with Crippen molar-refractivity contribution in [3.05, 3.63) is 53.1 Å². The fourth-order valence-electron chi connectivity index (χ4n) is 4.09. The van der Waals surface area contributed by atoms with Crippen LogP contribution < -0.4 is 20.7 Å². The van der Waals surface area contributed by atoms with Gasteiger partial charge in [-0.15, -0.1) is 0 Å². The maximum atomic E-state index is 13.1. The van der Waals surface area contributed by atoms with Crippen molar-refractivity contribution >= 4 is 34.8 Å². The first-order chi connectivity index (χ1) is 13.0. The molecular formula is C20H20ClN3O3. The largest absolute Gasteiger partial charge is 0.497 e. The van der Waals surface area contributed by atoms with E-state index in [1.54, 1.807) is 43.5 Å². The van der Waals surface area contributed by atoms with Crippen LogP contribution in [0.25, 0.3) is 0 Å². The van der Waals surface area contributed by atoms with Crippen LogP contribution in [0, 0.1) is 5.92 Å². The maximum absolute atomic E-state index is 13.1. The fourth-order valence-corrected chi connectivity index (χ4v) is 4.31. The second kappa shape index (κ2) is 6.55. The fraction of sp³-hybridized carbons (Fsp3) is 0.300. The summed E-state index contributed by atoms with van der Waals surface area (Å²) in [5.41, 5.74) is 0.836. The van der Waals surface area contributed by atoms with E-state index in [1.165, 1.54) is 0 Å². The molecule has 3 atom stereocenters. The topological polar surface area (TPSA) is 79.5 Å². The van der Waals surface area contributed by atoms with Crippen molar-refractivity contribution in [2.45, 2.75) is 24.9 Å². The number of hydrogen-bond acceptors (Lipinski definition) is 4. The van der Waals surface area contributed by atoms with Crippen LogP contribution in [-0.4, -0.2) is 25.0 Å². The number of rotatable bonds is 3. The molecule has 140 valence electrons. The third-order valence-electron chi connectivity index (χ3n) is 5.30. The SMILES string of the molecule is COc1ccc(NC(=O)[C@@H]2C[C@@H](C)N[C@@]23C(=O)Nc2c(Cl)cccc23)cc1. The van der Waals surface area contributed by atoms with Crippen LogP contribution >= 0.6 is 11.6 Å². The number of nitrogens with one attached hydrogen (secondary N) is 3. The van der Waals surface area contributed by atoms with Crippen molar-refractivity contribution in [3.63, 3.8) is 0 Å². The van der Waals surface area contributed by atoms with Crippen LogP contribution in [0.2, 0.25) is 5.02 Å². The first kappa shape index (κ1) is 17.8. The molecule has 2 aliphatic rings. The third-order valence-corrected chi connectivity index (χ3v) is 5.61. The normalized spacial score (nSPS) is 26.0. The van der Waals surface area contributed by atoms with Gasteiger partial charge in [0, 0.05) is 17.3 Å². The lowest BCUT2D eigenvalue weighted by molar-refractivity contribution is -0.130. The molecular weight excluding hydrogens is 366 g/mol. The van der Waals surface area contributed by atoms with E-state index in [9.17, 15) is 9.59 Å². The molecule has 7 heteroatoms. The Labute approximate surface area is 162 Å². The molecule has 1 spiro atoms. The van der Waals surface area contributed by atoms with E-state index in [-0.39, 0.29) is 17.9 Å². The predicted octanol–water partition coefficient (Wildman–Crippen LogP) is 3.13. The summed E-state index contributed by atoms with van der Waals surface area (Å²) in [5.74, 6) is -0.307. The number of methoxy groups -OCH3 is 1. The molecule has 4 rings (SSSR count). The summed E-state index contributed by atoms with van der Waals surface area (Å²) in [6.45, 7) is 1.97. The van der Waals surface area contributed by atoms with E-state index < -0.39 is 11.5 Å². The van der Waals surface area contributed by atoms with Gasteiger partial charge in [-0.05, 0) is 43.7 Å². The van der Waals surface area contributed by atoms with Gasteiger partial charge in [-0.1, -0.05) is 23.7 Å². The lowest BCUT2D eigenvalue weighted by Gasteiger charge is -2.29. The van der Waals surface area contributed by atoms with Crippen LogP contribution in [0.3, 0.4) is 0 Å². The van der Waals surface area contributed by atoms with E-state index in [4.69, 9.17) is 16.3 Å². The van der Waals surface area contributed by atoms with Crippen LogP contribution in [0.5, 0.6) is 5.75 Å². The Morgan fingerprint density at radius 3 is 2.70 bits per heavy atom. The number of halogens is 1. The smallest absolute Gasteiger partial charge is 0.250 e. The van der Waals surface area contributed by atoms with Crippen molar-refractivity contribution in [2.75, 3.05) is 17.7 Å². The van der Waals surface area contributed by atoms with Crippen molar-refractivity contribution < 1.29 is 14.3 Å². The zero-order valence-electron chi connectivity index (χ0n) is 15.0. The average Bonchev–Trinajstić information content (AvgIpc) is 3.15. The summed E-state index contributed by atoms with van der Waals surface area (Å²) in [6.07, 6.45) is 0.543. The van der Waals surface area contributed by atoms with Gasteiger partial charge < -0.3 is 15.4 Å². The molecule has 6 nitrogen and oxygen atoms in total. The van der Waals surface area contributed by atoms with Gasteiger partial charge in [-0.25, -0.2) is 0 Å². The lowest BCUT2D eigenvalue weighted by atomic mass is 9.79. The zero-order valence-corrected chi connectivity index (χ0v) is 15.8. The highest BCUT2D eigenvalue weighted by atomic mass is 35.5. The highest BCUT2D eigenvalue weighted by Gasteiger charge is 2.59. The second-order valence-corrected chi connectivity index (χ2v) is 7.38. The van der Waals surface area contributed by atoms with Crippen molar-refractivity contribution in [1.29, 1.82) is 0 Å². The van der Waals surface area contributed by atoms with Gasteiger partial charge in [-0.3, -0.25) is 14.9 Å². The molecule has 2 heterocycles. The third kappa shape index (κ3) is 2.76. The number of amides is 2. The van der Waals surface area contributed by atoms with E-state index in [2.05, 4.69) is 16.0 Å². The number of fused-ring (bicyclic) bond motifs is 2. The van der Waals surface area contributed by atoms with Gasteiger partial charge in [-0.2, -0.15) is 0 Å². The highest BCUT2D eigenvalue weighted by molar-refractivity contribution is 6.35. The Kier molecular flexibility index (Phi) is 4.32. The molecule has 0 radical (unpaired) electrons. The quantitative estimate of drug-likeness (QED) is 0.758. The van der Waals surface area contributed by atoms with Gasteiger partial charge in [0.25, 0.3) is 0 Å². The Balaban J connectivity index is 1.68. The Bertz CT molecular complexity index is 915. The molecule has 2 aliphatic heterocycles. The number of carbonyl (C=O) groups excluding carboxylic acids is 2. The van der Waals surface area contributed by atoms with Gasteiger partial charge in [0.05, 0.1) is 23.7 Å². The number of para-hydroxylation sites is 1. The first-order valence-electron chi connectivity index (χ1n) is 8.78.